The lowest BCUT2D eigenvalue weighted by Gasteiger charge is -2.22. The van der Waals surface area contributed by atoms with Crippen LogP contribution in [0.3, 0.4) is 0 Å². The van der Waals surface area contributed by atoms with E-state index in [1.807, 2.05) is 0 Å². The number of nitrogens with zero attached hydrogens (tertiary/aromatic N) is 1. The molecule has 0 aliphatic carbocycles. The van der Waals surface area contributed by atoms with Gasteiger partial charge in [0.05, 0.1) is 4.90 Å². The van der Waals surface area contributed by atoms with Crippen LogP contribution < -0.4 is 0 Å². The SMILES string of the molecule is CC(=O)c1ccc(S(=O)(=O)N2CCC(C)C2C(=O)O)cc1. The van der Waals surface area contributed by atoms with Gasteiger partial charge in [-0.1, -0.05) is 19.1 Å². The van der Waals surface area contributed by atoms with Crippen molar-refractivity contribution in [2.24, 2.45) is 5.92 Å². The number of carbonyl (C=O) groups excluding carboxylic acids is 1. The van der Waals surface area contributed by atoms with Crippen LogP contribution in [-0.4, -0.2) is 42.2 Å². The maximum Gasteiger partial charge on any atom is 0.322 e. The molecule has 114 valence electrons. The third kappa shape index (κ3) is 2.84. The molecule has 0 aromatic heterocycles. The van der Waals surface area contributed by atoms with E-state index in [4.69, 9.17) is 0 Å². The molecule has 1 aromatic carbocycles. The number of rotatable bonds is 4. The Kier molecular flexibility index (Phi) is 4.15. The Hall–Kier alpha value is -1.73. The first-order valence-corrected chi connectivity index (χ1v) is 8.05. The number of carboxylic acid groups (broad SMARTS) is 1. The summed E-state index contributed by atoms with van der Waals surface area (Å²) in [6, 6.07) is 4.51. The highest BCUT2D eigenvalue weighted by atomic mass is 32.2. The number of benzene rings is 1. The molecule has 0 saturated carbocycles. The van der Waals surface area contributed by atoms with Crippen LogP contribution in [0.25, 0.3) is 0 Å². The maximum atomic E-state index is 12.6. The van der Waals surface area contributed by atoms with Crippen molar-refractivity contribution >= 4 is 21.8 Å². The molecule has 0 radical (unpaired) electrons. The highest BCUT2D eigenvalue weighted by Crippen LogP contribution is 2.30. The van der Waals surface area contributed by atoms with Crippen molar-refractivity contribution in [1.82, 2.24) is 4.31 Å². The first-order valence-electron chi connectivity index (χ1n) is 6.61. The van der Waals surface area contributed by atoms with Gasteiger partial charge in [0.15, 0.2) is 5.78 Å². The van der Waals surface area contributed by atoms with E-state index in [9.17, 15) is 23.1 Å². The fourth-order valence-corrected chi connectivity index (χ4v) is 4.24. The van der Waals surface area contributed by atoms with Gasteiger partial charge in [0, 0.05) is 12.1 Å². The lowest BCUT2D eigenvalue weighted by atomic mass is 10.0. The van der Waals surface area contributed by atoms with E-state index in [-0.39, 0.29) is 23.1 Å². The quantitative estimate of drug-likeness (QED) is 0.848. The summed E-state index contributed by atoms with van der Waals surface area (Å²) in [7, 11) is -3.87. The minimum atomic E-state index is -3.87. The molecule has 6 nitrogen and oxygen atoms in total. The zero-order valence-corrected chi connectivity index (χ0v) is 12.6. The Morgan fingerprint density at radius 3 is 2.29 bits per heavy atom. The van der Waals surface area contributed by atoms with Crippen molar-refractivity contribution in [2.75, 3.05) is 6.54 Å². The van der Waals surface area contributed by atoms with Crippen LogP contribution in [0.1, 0.15) is 30.6 Å². The van der Waals surface area contributed by atoms with Crippen LogP contribution in [-0.2, 0) is 14.8 Å². The van der Waals surface area contributed by atoms with Crippen molar-refractivity contribution in [1.29, 1.82) is 0 Å². The Balaban J connectivity index is 2.37. The molecule has 7 heteroatoms. The molecule has 1 N–H and O–H groups in total. The topological polar surface area (TPSA) is 91.8 Å². The van der Waals surface area contributed by atoms with Crippen LogP contribution in [0, 0.1) is 5.92 Å². The molecular weight excluding hydrogens is 294 g/mol. The van der Waals surface area contributed by atoms with Gasteiger partial charge in [0.25, 0.3) is 0 Å². The summed E-state index contributed by atoms with van der Waals surface area (Å²) in [5, 5.41) is 9.23. The van der Waals surface area contributed by atoms with Crippen molar-refractivity contribution in [3.8, 4) is 0 Å². The fraction of sp³-hybridized carbons (Fsp3) is 0.429. The van der Waals surface area contributed by atoms with Gasteiger partial charge in [-0.3, -0.25) is 9.59 Å². The van der Waals surface area contributed by atoms with Crippen LogP contribution in [0.5, 0.6) is 0 Å². The van der Waals surface area contributed by atoms with Gasteiger partial charge in [0.1, 0.15) is 6.04 Å². The molecule has 21 heavy (non-hydrogen) atoms. The average Bonchev–Trinajstić information content (AvgIpc) is 2.81. The molecule has 2 unspecified atom stereocenters. The summed E-state index contributed by atoms with van der Waals surface area (Å²) in [5.41, 5.74) is 0.415. The number of hydrogen-bond acceptors (Lipinski definition) is 4. The third-order valence-electron chi connectivity index (χ3n) is 3.77. The third-order valence-corrected chi connectivity index (χ3v) is 5.67. The molecule has 1 saturated heterocycles. The van der Waals surface area contributed by atoms with Crippen LogP contribution >= 0.6 is 0 Å². The minimum absolute atomic E-state index is 0.00727. The summed E-state index contributed by atoms with van der Waals surface area (Å²) in [4.78, 5) is 22.5. The molecule has 1 aromatic rings. The molecule has 0 amide bonds. The van der Waals surface area contributed by atoms with Crippen molar-refractivity contribution in [3.05, 3.63) is 29.8 Å². The Morgan fingerprint density at radius 2 is 1.81 bits per heavy atom. The molecular formula is C14H17NO5S. The smallest absolute Gasteiger partial charge is 0.322 e. The predicted molar refractivity (Wildman–Crippen MR) is 75.5 cm³/mol. The highest BCUT2D eigenvalue weighted by Gasteiger charge is 2.43. The molecule has 0 bridgehead atoms. The maximum absolute atomic E-state index is 12.6. The molecule has 1 aliphatic rings. The van der Waals surface area contributed by atoms with Crippen LogP contribution in [0.15, 0.2) is 29.2 Å². The van der Waals surface area contributed by atoms with Gasteiger partial charge in [-0.15, -0.1) is 0 Å². The van der Waals surface area contributed by atoms with Gasteiger partial charge < -0.3 is 5.11 Å². The van der Waals surface area contributed by atoms with Gasteiger partial charge in [-0.2, -0.15) is 4.31 Å². The van der Waals surface area contributed by atoms with Crippen molar-refractivity contribution in [3.63, 3.8) is 0 Å². The summed E-state index contributed by atoms with van der Waals surface area (Å²) >= 11 is 0. The number of ketones is 1. The minimum Gasteiger partial charge on any atom is -0.480 e. The fourth-order valence-electron chi connectivity index (χ4n) is 2.54. The summed E-state index contributed by atoms with van der Waals surface area (Å²) in [6.45, 7) is 3.31. The van der Waals surface area contributed by atoms with Gasteiger partial charge >= 0.3 is 5.97 Å². The lowest BCUT2D eigenvalue weighted by molar-refractivity contribution is -0.141. The number of carbonyl (C=O) groups is 2. The van der Waals surface area contributed by atoms with E-state index in [1.54, 1.807) is 6.92 Å². The van der Waals surface area contributed by atoms with E-state index in [0.717, 1.165) is 4.31 Å². The molecule has 1 heterocycles. The van der Waals surface area contributed by atoms with E-state index in [0.29, 0.717) is 12.0 Å². The number of aliphatic carboxylic acids is 1. The lowest BCUT2D eigenvalue weighted by Crippen LogP contribution is -2.42. The van der Waals surface area contributed by atoms with Crippen molar-refractivity contribution < 1.29 is 23.1 Å². The second-order valence-electron chi connectivity index (χ2n) is 5.25. The van der Waals surface area contributed by atoms with Crippen molar-refractivity contribution in [2.45, 2.75) is 31.2 Å². The second-order valence-corrected chi connectivity index (χ2v) is 7.14. The molecule has 2 rings (SSSR count). The zero-order chi connectivity index (χ0) is 15.8. The van der Waals surface area contributed by atoms with Gasteiger partial charge in [-0.25, -0.2) is 8.42 Å². The molecule has 1 fully saturated rings. The van der Waals surface area contributed by atoms with E-state index in [2.05, 4.69) is 0 Å². The van der Waals surface area contributed by atoms with E-state index >= 15 is 0 Å². The number of carboxylic acids is 1. The normalized spacial score (nSPS) is 23.1. The predicted octanol–water partition coefficient (Wildman–Crippen LogP) is 1.37. The zero-order valence-electron chi connectivity index (χ0n) is 11.8. The van der Waals surface area contributed by atoms with Gasteiger partial charge in [-0.05, 0) is 31.4 Å². The Bertz CT molecular complexity index is 665. The molecule has 2 atom stereocenters. The Morgan fingerprint density at radius 1 is 1.24 bits per heavy atom. The van der Waals surface area contributed by atoms with Crippen LogP contribution in [0.2, 0.25) is 0 Å². The first-order chi connectivity index (χ1) is 9.75. The Labute approximate surface area is 123 Å². The second kappa shape index (κ2) is 5.57. The highest BCUT2D eigenvalue weighted by molar-refractivity contribution is 7.89. The first kappa shape index (κ1) is 15.7. The summed E-state index contributed by atoms with van der Waals surface area (Å²) in [6.07, 6.45) is 0.516. The number of hydrogen-bond donors (Lipinski definition) is 1. The largest absolute Gasteiger partial charge is 0.480 e. The standard InChI is InChI=1S/C14H17NO5S/c1-9-7-8-15(13(9)14(17)18)21(19,20)12-5-3-11(4-6-12)10(2)16/h3-6,9,13H,7-8H2,1-2H3,(H,17,18). The molecule has 0 spiro atoms. The van der Waals surface area contributed by atoms with Gasteiger partial charge in [0.2, 0.25) is 10.0 Å². The number of Topliss-reactive ketones (excluding diaryl/α,β-unsaturated/α-hetero) is 1. The number of sulfonamides is 1. The summed E-state index contributed by atoms with van der Waals surface area (Å²) in [5.74, 6) is -1.52. The summed E-state index contributed by atoms with van der Waals surface area (Å²) < 4.78 is 26.1. The van der Waals surface area contributed by atoms with E-state index < -0.39 is 22.0 Å². The monoisotopic (exact) mass is 311 g/mol. The van der Waals surface area contributed by atoms with Crippen LogP contribution in [0.4, 0.5) is 0 Å². The average molecular weight is 311 g/mol. The van der Waals surface area contributed by atoms with E-state index in [1.165, 1.54) is 31.2 Å². The molecule has 1 aliphatic heterocycles.